The average molecular weight is 362 g/mol. The molecule has 1 aromatic carbocycles. The van der Waals surface area contributed by atoms with Gasteiger partial charge < -0.3 is 10.4 Å². The number of halogens is 2. The van der Waals surface area contributed by atoms with Crippen LogP contribution in [0.3, 0.4) is 0 Å². The second-order valence-corrected chi connectivity index (χ2v) is 7.70. The predicted molar refractivity (Wildman–Crippen MR) is 87.5 cm³/mol. The summed E-state index contributed by atoms with van der Waals surface area (Å²) in [6.45, 7) is 10.5. The summed E-state index contributed by atoms with van der Waals surface area (Å²) in [7, 11) is 0. The molecule has 0 amide bonds. The van der Waals surface area contributed by atoms with Crippen molar-refractivity contribution in [3.8, 4) is 5.75 Å². The lowest BCUT2D eigenvalue weighted by Gasteiger charge is -2.43. The maximum absolute atomic E-state index is 10.4. The number of benzene rings is 1. The van der Waals surface area contributed by atoms with Gasteiger partial charge in [-0.1, -0.05) is 48.3 Å². The van der Waals surface area contributed by atoms with Crippen LogP contribution in [0.2, 0.25) is 5.02 Å². The first-order valence-corrected chi connectivity index (χ1v) is 8.10. The monoisotopic (exact) mass is 360 g/mol. The van der Waals surface area contributed by atoms with E-state index in [2.05, 4.69) is 46.9 Å². The fraction of sp³-hybridized carbons (Fsp3) is 0.600. The molecule has 0 aromatic heterocycles. The van der Waals surface area contributed by atoms with E-state index in [-0.39, 0.29) is 17.2 Å². The van der Waals surface area contributed by atoms with Gasteiger partial charge in [0.1, 0.15) is 5.75 Å². The molecule has 3 nitrogen and oxygen atoms in total. The molecule has 5 heteroatoms. The number of piperazine rings is 1. The maximum Gasteiger partial charge on any atom is 0.139 e. The largest absolute Gasteiger partial charge is 0.506 e. The highest BCUT2D eigenvalue weighted by Crippen LogP contribution is 2.45. The maximum atomic E-state index is 10.4. The van der Waals surface area contributed by atoms with Crippen molar-refractivity contribution in [3.05, 3.63) is 27.2 Å². The third kappa shape index (κ3) is 3.48. The van der Waals surface area contributed by atoms with E-state index in [0.29, 0.717) is 5.02 Å². The van der Waals surface area contributed by atoms with Gasteiger partial charge in [-0.2, -0.15) is 0 Å². The summed E-state index contributed by atoms with van der Waals surface area (Å²) in [6.07, 6.45) is 0. The van der Waals surface area contributed by atoms with Gasteiger partial charge in [-0.05, 0) is 17.5 Å². The van der Waals surface area contributed by atoms with Gasteiger partial charge in [0.25, 0.3) is 0 Å². The molecule has 0 bridgehead atoms. The van der Waals surface area contributed by atoms with Crippen LogP contribution in [0.1, 0.15) is 32.4 Å². The van der Waals surface area contributed by atoms with Crippen molar-refractivity contribution < 1.29 is 5.11 Å². The molecule has 1 aromatic rings. The van der Waals surface area contributed by atoms with Crippen LogP contribution in [-0.4, -0.2) is 36.2 Å². The van der Waals surface area contributed by atoms with Gasteiger partial charge in [0.05, 0.1) is 5.02 Å². The van der Waals surface area contributed by atoms with E-state index in [1.54, 1.807) is 6.07 Å². The Morgan fingerprint density at radius 2 is 1.90 bits per heavy atom. The van der Waals surface area contributed by atoms with E-state index in [4.69, 9.17) is 11.6 Å². The van der Waals surface area contributed by atoms with Crippen molar-refractivity contribution in [1.82, 2.24) is 10.2 Å². The van der Waals surface area contributed by atoms with E-state index < -0.39 is 0 Å². The van der Waals surface area contributed by atoms with Gasteiger partial charge in [0.15, 0.2) is 0 Å². The minimum absolute atomic E-state index is 0.0128. The quantitative estimate of drug-likeness (QED) is 0.841. The van der Waals surface area contributed by atoms with Crippen molar-refractivity contribution in [1.29, 1.82) is 0 Å². The Hall–Kier alpha value is -0.290. The molecule has 112 valence electrons. The Labute approximate surface area is 134 Å². The summed E-state index contributed by atoms with van der Waals surface area (Å²) in [5.74, 6) is 0.202. The summed E-state index contributed by atoms with van der Waals surface area (Å²) in [5.41, 5.74) is 0.914. The van der Waals surface area contributed by atoms with E-state index in [0.717, 1.165) is 36.2 Å². The number of hydrogen-bond donors (Lipinski definition) is 2. The second kappa shape index (κ2) is 6.22. The Balaban J connectivity index is 2.46. The van der Waals surface area contributed by atoms with Crippen molar-refractivity contribution in [2.45, 2.75) is 26.8 Å². The first-order chi connectivity index (χ1) is 9.30. The molecule has 2 rings (SSSR count). The molecule has 0 spiro atoms. The Bertz CT molecular complexity index is 481. The van der Waals surface area contributed by atoms with Crippen LogP contribution in [0.5, 0.6) is 5.75 Å². The van der Waals surface area contributed by atoms with E-state index in [9.17, 15) is 5.11 Å². The molecule has 1 atom stereocenters. The minimum Gasteiger partial charge on any atom is -0.506 e. The van der Waals surface area contributed by atoms with Crippen LogP contribution >= 0.6 is 27.5 Å². The molecule has 1 fully saturated rings. The Morgan fingerprint density at radius 3 is 2.45 bits per heavy atom. The summed E-state index contributed by atoms with van der Waals surface area (Å²) in [4.78, 5) is 2.42. The number of nitrogens with zero attached hydrogens (tertiary/aromatic N) is 1. The average Bonchev–Trinajstić information content (AvgIpc) is 2.35. The van der Waals surface area contributed by atoms with Gasteiger partial charge in [-0.25, -0.2) is 0 Å². The Kier molecular flexibility index (Phi) is 5.00. The summed E-state index contributed by atoms with van der Waals surface area (Å²) in [5, 5.41) is 14.2. The normalized spacial score (nSPS) is 19.1. The number of aromatic hydroxyl groups is 1. The van der Waals surface area contributed by atoms with Crippen molar-refractivity contribution in [2.75, 3.05) is 26.2 Å². The first kappa shape index (κ1) is 16.1. The SMILES string of the molecule is CC(C)(C)[C@H](c1cc(Br)cc(Cl)c1O)N1CCNCC1. The number of phenols is 1. The van der Waals surface area contributed by atoms with Gasteiger partial charge in [0, 0.05) is 42.3 Å². The predicted octanol–water partition coefficient (Wildman–Crippen LogP) is 3.80. The molecule has 1 heterocycles. The number of nitrogens with one attached hydrogen (secondary N) is 1. The third-order valence-corrected chi connectivity index (χ3v) is 4.44. The van der Waals surface area contributed by atoms with Crippen LogP contribution in [0.15, 0.2) is 16.6 Å². The molecule has 1 saturated heterocycles. The molecule has 20 heavy (non-hydrogen) atoms. The van der Waals surface area contributed by atoms with E-state index >= 15 is 0 Å². The second-order valence-electron chi connectivity index (χ2n) is 6.38. The molecule has 2 N–H and O–H groups in total. The van der Waals surface area contributed by atoms with Crippen LogP contribution in [0, 0.1) is 5.41 Å². The zero-order chi connectivity index (χ0) is 14.9. The van der Waals surface area contributed by atoms with Gasteiger partial charge in [0.2, 0.25) is 0 Å². The molecule has 0 saturated carbocycles. The molecule has 0 radical (unpaired) electrons. The molecule has 0 aliphatic carbocycles. The van der Waals surface area contributed by atoms with Crippen LogP contribution in [-0.2, 0) is 0 Å². The highest BCUT2D eigenvalue weighted by atomic mass is 79.9. The topological polar surface area (TPSA) is 35.5 Å². The molecule has 1 aliphatic heterocycles. The van der Waals surface area contributed by atoms with Crippen molar-refractivity contribution >= 4 is 27.5 Å². The number of hydrogen-bond acceptors (Lipinski definition) is 3. The van der Waals surface area contributed by atoms with Gasteiger partial charge in [-0.15, -0.1) is 0 Å². The summed E-state index contributed by atoms with van der Waals surface area (Å²) in [6, 6.07) is 3.86. The van der Waals surface area contributed by atoms with E-state index in [1.807, 2.05) is 6.07 Å². The van der Waals surface area contributed by atoms with Crippen LogP contribution in [0.4, 0.5) is 0 Å². The minimum atomic E-state index is 0.0128. The molecular formula is C15H22BrClN2O. The number of phenolic OH excluding ortho intramolecular Hbond substituents is 1. The zero-order valence-electron chi connectivity index (χ0n) is 12.2. The number of rotatable bonds is 2. The lowest BCUT2D eigenvalue weighted by atomic mass is 9.80. The van der Waals surface area contributed by atoms with Crippen LogP contribution < -0.4 is 5.32 Å². The van der Waals surface area contributed by atoms with Crippen molar-refractivity contribution in [3.63, 3.8) is 0 Å². The molecule has 1 aliphatic rings. The molecule has 0 unspecified atom stereocenters. The van der Waals surface area contributed by atoms with E-state index in [1.165, 1.54) is 0 Å². The zero-order valence-corrected chi connectivity index (χ0v) is 14.6. The lowest BCUT2D eigenvalue weighted by molar-refractivity contribution is 0.0842. The van der Waals surface area contributed by atoms with Gasteiger partial charge in [-0.3, -0.25) is 4.90 Å². The smallest absolute Gasteiger partial charge is 0.139 e. The van der Waals surface area contributed by atoms with Gasteiger partial charge >= 0.3 is 0 Å². The third-order valence-electron chi connectivity index (χ3n) is 3.69. The summed E-state index contributed by atoms with van der Waals surface area (Å²) < 4.78 is 0.902. The highest BCUT2D eigenvalue weighted by Gasteiger charge is 2.34. The fourth-order valence-electron chi connectivity index (χ4n) is 2.95. The molecular weight excluding hydrogens is 340 g/mol. The first-order valence-electron chi connectivity index (χ1n) is 6.93. The highest BCUT2D eigenvalue weighted by molar-refractivity contribution is 9.10. The summed E-state index contributed by atoms with van der Waals surface area (Å²) >= 11 is 9.62. The standard InChI is InChI=1S/C15H22BrClN2O/c1-15(2,3)14(19-6-4-18-5-7-19)11-8-10(16)9-12(17)13(11)20/h8-9,14,18,20H,4-7H2,1-3H3/t14-/m0/s1. The van der Waals surface area contributed by atoms with Crippen molar-refractivity contribution in [2.24, 2.45) is 5.41 Å². The fourth-order valence-corrected chi connectivity index (χ4v) is 3.78. The van der Waals surface area contributed by atoms with Crippen LogP contribution in [0.25, 0.3) is 0 Å². The Morgan fingerprint density at radius 1 is 1.30 bits per heavy atom. The lowest BCUT2D eigenvalue weighted by Crippen LogP contribution is -2.48.